The summed E-state index contributed by atoms with van der Waals surface area (Å²) >= 11 is 0. The van der Waals surface area contributed by atoms with E-state index in [0.29, 0.717) is 25.4 Å². The lowest BCUT2D eigenvalue weighted by Crippen LogP contribution is -2.47. The summed E-state index contributed by atoms with van der Waals surface area (Å²) in [6, 6.07) is 3.62. The third-order valence-electron chi connectivity index (χ3n) is 4.86. The molecule has 1 aliphatic rings. The number of likely N-dealkylation sites (tertiary alicyclic amines) is 1. The van der Waals surface area contributed by atoms with E-state index in [-0.39, 0.29) is 23.9 Å². The highest BCUT2D eigenvalue weighted by atomic mass is 16.3. The molecule has 1 fully saturated rings. The summed E-state index contributed by atoms with van der Waals surface area (Å²) in [4.78, 5) is 28.4. The van der Waals surface area contributed by atoms with E-state index in [1.165, 1.54) is 0 Å². The molecular weight excluding hydrogens is 318 g/mol. The van der Waals surface area contributed by atoms with Crippen LogP contribution in [0.2, 0.25) is 0 Å². The Morgan fingerprint density at radius 1 is 1.40 bits per heavy atom. The normalized spacial score (nSPS) is 18.9. The molecule has 0 aromatic carbocycles. The maximum Gasteiger partial charge on any atom is 0.317 e. The average molecular weight is 349 g/mol. The van der Waals surface area contributed by atoms with Crippen LogP contribution in [-0.4, -0.2) is 48.4 Å². The summed E-state index contributed by atoms with van der Waals surface area (Å²) in [5, 5.41) is 2.96. The molecule has 1 N–H and O–H groups in total. The molecule has 2 atom stereocenters. The summed E-state index contributed by atoms with van der Waals surface area (Å²) in [5.41, 5.74) is 0. The van der Waals surface area contributed by atoms with E-state index in [0.717, 1.165) is 25.1 Å². The molecule has 1 saturated heterocycles. The Kier molecular flexibility index (Phi) is 6.91. The number of amides is 3. The lowest BCUT2D eigenvalue weighted by Gasteiger charge is -2.34. The highest BCUT2D eigenvalue weighted by Gasteiger charge is 2.28. The van der Waals surface area contributed by atoms with E-state index in [9.17, 15) is 9.59 Å². The second kappa shape index (κ2) is 8.92. The molecule has 6 nitrogen and oxygen atoms in total. The quantitative estimate of drug-likeness (QED) is 0.857. The van der Waals surface area contributed by atoms with Crippen molar-refractivity contribution in [3.8, 4) is 0 Å². The standard InChI is InChI=1S/C19H31N3O3/c1-14(2)12-20-19(24)22-9-5-7-16(13-22)11-18(23)21(4)15(3)17-8-6-10-25-17/h6,8,10,14-16H,5,7,9,11-13H2,1-4H3,(H,20,24)/t15-,16-/m0/s1. The van der Waals surface area contributed by atoms with Crippen LogP contribution in [0.15, 0.2) is 22.8 Å². The molecule has 0 unspecified atom stereocenters. The predicted octanol–water partition coefficient (Wildman–Crippen LogP) is 3.27. The van der Waals surface area contributed by atoms with Crippen molar-refractivity contribution in [2.45, 2.75) is 46.1 Å². The number of furan rings is 1. The minimum Gasteiger partial charge on any atom is -0.467 e. The van der Waals surface area contributed by atoms with Crippen molar-refractivity contribution in [1.29, 1.82) is 0 Å². The lowest BCUT2D eigenvalue weighted by atomic mass is 9.94. The zero-order chi connectivity index (χ0) is 18.4. The van der Waals surface area contributed by atoms with Crippen molar-refractivity contribution in [1.82, 2.24) is 15.1 Å². The minimum atomic E-state index is -0.0865. The first kappa shape index (κ1) is 19.3. The third kappa shape index (κ3) is 5.51. The molecule has 6 heteroatoms. The SMILES string of the molecule is CC(C)CNC(=O)N1CCC[C@@H](CC(=O)N(C)[C@@H](C)c2ccco2)C1. The van der Waals surface area contributed by atoms with Crippen LogP contribution in [0, 0.1) is 11.8 Å². The second-order valence-corrected chi connectivity index (χ2v) is 7.43. The summed E-state index contributed by atoms with van der Waals surface area (Å²) in [6.45, 7) is 8.22. The Bertz CT molecular complexity index is 556. The second-order valence-electron chi connectivity index (χ2n) is 7.43. The van der Waals surface area contributed by atoms with E-state index in [1.54, 1.807) is 11.2 Å². The van der Waals surface area contributed by atoms with E-state index < -0.39 is 0 Å². The highest BCUT2D eigenvalue weighted by molar-refractivity contribution is 5.77. The van der Waals surface area contributed by atoms with Gasteiger partial charge in [0.25, 0.3) is 0 Å². The van der Waals surface area contributed by atoms with Crippen molar-refractivity contribution in [2.24, 2.45) is 11.8 Å². The van der Waals surface area contributed by atoms with Gasteiger partial charge in [-0.15, -0.1) is 0 Å². The van der Waals surface area contributed by atoms with Gasteiger partial charge in [-0.1, -0.05) is 13.8 Å². The van der Waals surface area contributed by atoms with Gasteiger partial charge in [-0.2, -0.15) is 0 Å². The van der Waals surface area contributed by atoms with Crippen LogP contribution in [0.5, 0.6) is 0 Å². The Hall–Kier alpha value is -1.98. The molecule has 3 amide bonds. The Morgan fingerprint density at radius 3 is 2.80 bits per heavy atom. The van der Waals surface area contributed by atoms with Crippen molar-refractivity contribution in [3.63, 3.8) is 0 Å². The predicted molar refractivity (Wildman–Crippen MR) is 97.0 cm³/mol. The van der Waals surface area contributed by atoms with Crippen LogP contribution in [0.1, 0.15) is 51.8 Å². The van der Waals surface area contributed by atoms with Crippen LogP contribution in [-0.2, 0) is 4.79 Å². The highest BCUT2D eigenvalue weighted by Crippen LogP contribution is 2.24. The summed E-state index contributed by atoms with van der Waals surface area (Å²) < 4.78 is 5.40. The van der Waals surface area contributed by atoms with E-state index in [4.69, 9.17) is 4.42 Å². The zero-order valence-corrected chi connectivity index (χ0v) is 15.8. The maximum atomic E-state index is 12.6. The molecule has 0 aliphatic carbocycles. The van der Waals surface area contributed by atoms with Gasteiger partial charge >= 0.3 is 6.03 Å². The van der Waals surface area contributed by atoms with Crippen LogP contribution in [0.25, 0.3) is 0 Å². The maximum absolute atomic E-state index is 12.6. The van der Waals surface area contributed by atoms with Crippen LogP contribution in [0.3, 0.4) is 0 Å². The molecule has 25 heavy (non-hydrogen) atoms. The number of carbonyl (C=O) groups is 2. The number of piperidine rings is 1. The van der Waals surface area contributed by atoms with Crippen molar-refractivity contribution >= 4 is 11.9 Å². The van der Waals surface area contributed by atoms with Gasteiger partial charge in [0.05, 0.1) is 12.3 Å². The van der Waals surface area contributed by atoms with Gasteiger partial charge < -0.3 is 19.5 Å². The molecule has 1 aromatic heterocycles. The van der Waals surface area contributed by atoms with Gasteiger partial charge in [0.15, 0.2) is 0 Å². The van der Waals surface area contributed by atoms with Crippen molar-refractivity contribution < 1.29 is 14.0 Å². The number of hydrogen-bond acceptors (Lipinski definition) is 3. The third-order valence-corrected chi connectivity index (χ3v) is 4.86. The lowest BCUT2D eigenvalue weighted by molar-refractivity contribution is -0.133. The fourth-order valence-electron chi connectivity index (χ4n) is 3.15. The first-order chi connectivity index (χ1) is 11.9. The van der Waals surface area contributed by atoms with Gasteiger partial charge in [0, 0.05) is 33.1 Å². The summed E-state index contributed by atoms with van der Waals surface area (Å²) in [6.07, 6.45) is 4.03. The summed E-state index contributed by atoms with van der Waals surface area (Å²) in [7, 11) is 1.81. The fourth-order valence-corrected chi connectivity index (χ4v) is 3.15. The first-order valence-electron chi connectivity index (χ1n) is 9.20. The number of nitrogens with zero attached hydrogens (tertiary/aromatic N) is 2. The molecule has 0 radical (unpaired) electrons. The number of rotatable bonds is 6. The van der Waals surface area contributed by atoms with E-state index in [1.807, 2.05) is 31.0 Å². The molecule has 2 heterocycles. The number of nitrogens with one attached hydrogen (secondary N) is 1. The van der Waals surface area contributed by atoms with Gasteiger partial charge in [-0.05, 0) is 43.7 Å². The Labute approximate surface area is 150 Å². The fraction of sp³-hybridized carbons (Fsp3) is 0.684. The molecule has 140 valence electrons. The molecule has 0 saturated carbocycles. The molecule has 1 aliphatic heterocycles. The van der Waals surface area contributed by atoms with Crippen molar-refractivity contribution in [3.05, 3.63) is 24.2 Å². The van der Waals surface area contributed by atoms with Crippen molar-refractivity contribution in [2.75, 3.05) is 26.7 Å². The number of carbonyl (C=O) groups excluding carboxylic acids is 2. The van der Waals surface area contributed by atoms with E-state index >= 15 is 0 Å². The zero-order valence-electron chi connectivity index (χ0n) is 15.8. The largest absolute Gasteiger partial charge is 0.467 e. The summed E-state index contributed by atoms with van der Waals surface area (Å²) in [5.74, 6) is 1.53. The van der Waals surface area contributed by atoms with Gasteiger partial charge in [-0.3, -0.25) is 4.79 Å². The van der Waals surface area contributed by atoms with Crippen LogP contribution < -0.4 is 5.32 Å². The smallest absolute Gasteiger partial charge is 0.317 e. The average Bonchev–Trinajstić information content (AvgIpc) is 3.13. The number of hydrogen-bond donors (Lipinski definition) is 1. The first-order valence-corrected chi connectivity index (χ1v) is 9.20. The molecule has 1 aromatic rings. The number of urea groups is 1. The van der Waals surface area contributed by atoms with Crippen LogP contribution >= 0.6 is 0 Å². The van der Waals surface area contributed by atoms with Crippen LogP contribution in [0.4, 0.5) is 4.79 Å². The topological polar surface area (TPSA) is 65.8 Å². The minimum absolute atomic E-state index is 0.0110. The van der Waals surface area contributed by atoms with Gasteiger partial charge in [0.1, 0.15) is 5.76 Å². The molecule has 0 spiro atoms. The molecular formula is C19H31N3O3. The van der Waals surface area contributed by atoms with E-state index in [2.05, 4.69) is 19.2 Å². The Balaban J connectivity index is 1.84. The van der Waals surface area contributed by atoms with Gasteiger partial charge in [-0.25, -0.2) is 4.79 Å². The monoisotopic (exact) mass is 349 g/mol. The Morgan fingerprint density at radius 2 is 2.16 bits per heavy atom. The molecule has 2 rings (SSSR count). The van der Waals surface area contributed by atoms with Gasteiger partial charge in [0.2, 0.25) is 5.91 Å². The molecule has 0 bridgehead atoms.